The molecule has 0 spiro atoms. The Balaban J connectivity index is 2.85. The lowest BCUT2D eigenvalue weighted by molar-refractivity contribution is 0.231. The van der Waals surface area contributed by atoms with Crippen LogP contribution in [0.3, 0.4) is 0 Å². The van der Waals surface area contributed by atoms with E-state index in [0.717, 1.165) is 6.26 Å². The summed E-state index contributed by atoms with van der Waals surface area (Å²) < 4.78 is 26.9. The minimum absolute atomic E-state index is 0.463. The van der Waals surface area contributed by atoms with E-state index in [0.29, 0.717) is 10.3 Å². The molecule has 78 valence electrons. The lowest BCUT2D eigenvalue weighted by Crippen LogP contribution is -2.09. The van der Waals surface area contributed by atoms with E-state index in [1.807, 2.05) is 0 Å². The van der Waals surface area contributed by atoms with Crippen LogP contribution in [0.2, 0.25) is 0 Å². The molecule has 5 nitrogen and oxygen atoms in total. The molecule has 0 saturated heterocycles. The van der Waals surface area contributed by atoms with Crippen molar-refractivity contribution < 1.29 is 12.6 Å². The van der Waals surface area contributed by atoms with Gasteiger partial charge in [0.15, 0.2) is 0 Å². The van der Waals surface area contributed by atoms with Crippen molar-refractivity contribution in [2.24, 2.45) is 0 Å². The zero-order chi connectivity index (χ0) is 10.8. The van der Waals surface area contributed by atoms with Crippen LogP contribution in [0.5, 0.6) is 0 Å². The second-order valence-electron chi connectivity index (χ2n) is 2.71. The van der Waals surface area contributed by atoms with E-state index in [2.05, 4.69) is 25.9 Å². The Hall–Kier alpha value is -0.530. The summed E-state index contributed by atoms with van der Waals surface area (Å²) >= 11 is 3.13. The molecule has 0 amide bonds. The fourth-order valence-corrected chi connectivity index (χ4v) is 1.81. The first kappa shape index (κ1) is 11.5. The number of hydrogen-bond acceptors (Lipinski definition) is 5. The molecule has 1 aromatic heterocycles. The minimum atomic E-state index is -3.47. The first-order valence-electron chi connectivity index (χ1n) is 3.74. The van der Waals surface area contributed by atoms with Crippen molar-refractivity contribution in [1.82, 2.24) is 9.97 Å². The maximum Gasteiger partial charge on any atom is 0.265 e. The summed E-state index contributed by atoms with van der Waals surface area (Å²) in [7, 11) is -3.47. The van der Waals surface area contributed by atoms with E-state index < -0.39 is 16.2 Å². The van der Waals surface area contributed by atoms with Gasteiger partial charge in [-0.05, 0) is 22.9 Å². The summed E-state index contributed by atoms with van der Waals surface area (Å²) in [6, 6.07) is 0. The van der Waals surface area contributed by atoms with Crippen molar-refractivity contribution in [3.63, 3.8) is 0 Å². The van der Waals surface area contributed by atoms with Crippen molar-refractivity contribution in [1.29, 1.82) is 0 Å². The van der Waals surface area contributed by atoms with Crippen molar-refractivity contribution in [3.8, 4) is 0 Å². The van der Waals surface area contributed by atoms with Gasteiger partial charge in [-0.15, -0.1) is 0 Å². The van der Waals surface area contributed by atoms with Gasteiger partial charge in [-0.1, -0.05) is 0 Å². The molecule has 0 aromatic carbocycles. The molecule has 1 rings (SSSR count). The molecular formula is C7H9BrN2O3S. The standard InChI is InChI=1S/C7H9BrN2O3S/c1-5(13-14(2,11)12)6-3-9-4-7(8)10-6/h3-5H,1-2H3. The van der Waals surface area contributed by atoms with Gasteiger partial charge in [0.05, 0.1) is 24.3 Å². The molecular weight excluding hydrogens is 272 g/mol. The molecule has 1 aromatic rings. The molecule has 14 heavy (non-hydrogen) atoms. The highest BCUT2D eigenvalue weighted by molar-refractivity contribution is 9.10. The van der Waals surface area contributed by atoms with Crippen LogP contribution in [0.4, 0.5) is 0 Å². The Kier molecular flexibility index (Phi) is 3.57. The average Bonchev–Trinajstić information content (AvgIpc) is 2.01. The van der Waals surface area contributed by atoms with Crippen LogP contribution in [0.15, 0.2) is 17.0 Å². The third-order valence-electron chi connectivity index (χ3n) is 1.36. The van der Waals surface area contributed by atoms with Gasteiger partial charge in [0.1, 0.15) is 10.7 Å². The lowest BCUT2D eigenvalue weighted by atomic mass is 10.3. The van der Waals surface area contributed by atoms with E-state index >= 15 is 0 Å². The summed E-state index contributed by atoms with van der Waals surface area (Å²) in [6.07, 6.45) is 3.33. The van der Waals surface area contributed by atoms with E-state index in [1.54, 1.807) is 6.92 Å². The Labute approximate surface area is 90.8 Å². The predicted molar refractivity (Wildman–Crippen MR) is 54.1 cm³/mol. The first-order valence-corrected chi connectivity index (χ1v) is 6.35. The third kappa shape index (κ3) is 3.69. The fourth-order valence-electron chi connectivity index (χ4n) is 0.864. The molecule has 1 heterocycles. The van der Waals surface area contributed by atoms with Crippen molar-refractivity contribution >= 4 is 26.0 Å². The fraction of sp³-hybridized carbons (Fsp3) is 0.429. The van der Waals surface area contributed by atoms with Crippen molar-refractivity contribution in [2.75, 3.05) is 6.26 Å². The maximum absolute atomic E-state index is 10.8. The summed E-state index contributed by atoms with van der Waals surface area (Å²) in [5, 5.41) is 0. The van der Waals surface area contributed by atoms with Gasteiger partial charge in [0, 0.05) is 0 Å². The van der Waals surface area contributed by atoms with Crippen molar-refractivity contribution in [3.05, 3.63) is 22.7 Å². The zero-order valence-electron chi connectivity index (χ0n) is 7.64. The Morgan fingerprint density at radius 1 is 1.50 bits per heavy atom. The normalized spacial score (nSPS) is 13.9. The molecule has 0 bridgehead atoms. The second kappa shape index (κ2) is 4.33. The molecule has 0 saturated carbocycles. The summed E-state index contributed by atoms with van der Waals surface area (Å²) in [5.41, 5.74) is 0.463. The summed E-state index contributed by atoms with van der Waals surface area (Å²) in [5.74, 6) is 0. The summed E-state index contributed by atoms with van der Waals surface area (Å²) in [6.45, 7) is 1.59. The number of rotatable bonds is 3. The van der Waals surface area contributed by atoms with Gasteiger partial charge in [0.2, 0.25) is 0 Å². The van der Waals surface area contributed by atoms with E-state index in [4.69, 9.17) is 4.18 Å². The van der Waals surface area contributed by atoms with Gasteiger partial charge in [-0.3, -0.25) is 9.17 Å². The van der Waals surface area contributed by atoms with Gasteiger partial charge in [0.25, 0.3) is 10.1 Å². The highest BCUT2D eigenvalue weighted by atomic mass is 79.9. The van der Waals surface area contributed by atoms with E-state index in [-0.39, 0.29) is 0 Å². The molecule has 1 unspecified atom stereocenters. The second-order valence-corrected chi connectivity index (χ2v) is 5.12. The highest BCUT2D eigenvalue weighted by Gasteiger charge is 2.14. The molecule has 0 fully saturated rings. The van der Waals surface area contributed by atoms with Gasteiger partial charge in [-0.2, -0.15) is 8.42 Å². The number of hydrogen-bond donors (Lipinski definition) is 0. The lowest BCUT2D eigenvalue weighted by Gasteiger charge is -2.09. The van der Waals surface area contributed by atoms with Crippen LogP contribution < -0.4 is 0 Å². The largest absolute Gasteiger partial charge is 0.265 e. The number of aromatic nitrogens is 2. The smallest absolute Gasteiger partial charge is 0.261 e. The predicted octanol–water partition coefficient (Wildman–Crippen LogP) is 1.28. The first-order chi connectivity index (χ1) is 6.38. The molecule has 0 radical (unpaired) electrons. The Morgan fingerprint density at radius 3 is 2.64 bits per heavy atom. The van der Waals surface area contributed by atoms with Gasteiger partial charge in [-0.25, -0.2) is 4.98 Å². The average molecular weight is 281 g/mol. The molecule has 0 aliphatic rings. The number of halogens is 1. The van der Waals surface area contributed by atoms with Crippen molar-refractivity contribution in [2.45, 2.75) is 13.0 Å². The topological polar surface area (TPSA) is 69.2 Å². The highest BCUT2D eigenvalue weighted by Crippen LogP contribution is 2.17. The number of nitrogens with zero attached hydrogens (tertiary/aromatic N) is 2. The quantitative estimate of drug-likeness (QED) is 0.780. The van der Waals surface area contributed by atoms with E-state index in [1.165, 1.54) is 12.4 Å². The zero-order valence-corrected chi connectivity index (χ0v) is 10.0. The van der Waals surface area contributed by atoms with Gasteiger partial charge >= 0.3 is 0 Å². The summed E-state index contributed by atoms with van der Waals surface area (Å²) in [4.78, 5) is 7.87. The van der Waals surface area contributed by atoms with Crippen LogP contribution in [0, 0.1) is 0 Å². The maximum atomic E-state index is 10.8. The molecule has 0 N–H and O–H groups in total. The van der Waals surface area contributed by atoms with Crippen LogP contribution in [0.1, 0.15) is 18.7 Å². The van der Waals surface area contributed by atoms with Crippen LogP contribution in [-0.2, 0) is 14.3 Å². The third-order valence-corrected chi connectivity index (χ3v) is 2.38. The van der Waals surface area contributed by atoms with Crippen LogP contribution in [0.25, 0.3) is 0 Å². The molecule has 0 aliphatic carbocycles. The SMILES string of the molecule is CC(OS(C)(=O)=O)c1cncc(Br)n1. The van der Waals surface area contributed by atoms with E-state index in [9.17, 15) is 8.42 Å². The molecule has 1 atom stereocenters. The van der Waals surface area contributed by atoms with Crippen LogP contribution in [-0.4, -0.2) is 24.6 Å². The van der Waals surface area contributed by atoms with Gasteiger partial charge < -0.3 is 0 Å². The Morgan fingerprint density at radius 2 is 2.14 bits per heavy atom. The molecule has 7 heteroatoms. The minimum Gasteiger partial charge on any atom is -0.261 e. The Bertz CT molecular complexity index is 421. The monoisotopic (exact) mass is 280 g/mol. The van der Waals surface area contributed by atoms with Crippen LogP contribution >= 0.6 is 15.9 Å². The molecule has 0 aliphatic heterocycles.